The van der Waals surface area contributed by atoms with Crippen molar-refractivity contribution in [3.63, 3.8) is 0 Å². The van der Waals surface area contributed by atoms with Gasteiger partial charge in [0.05, 0.1) is 0 Å². The number of anilines is 1. The lowest BCUT2D eigenvalue weighted by atomic mass is 10.1. The van der Waals surface area contributed by atoms with Gasteiger partial charge in [-0.25, -0.2) is 8.78 Å². The topological polar surface area (TPSA) is 34.0 Å². The fourth-order valence-corrected chi connectivity index (χ4v) is 3.17. The molecular weight excluding hydrogens is 322 g/mol. The summed E-state index contributed by atoms with van der Waals surface area (Å²) in [5.41, 5.74) is 3.84. The maximum Gasteiger partial charge on any atom is 0.272 e. The van der Waals surface area contributed by atoms with E-state index in [0.717, 1.165) is 35.0 Å². The summed E-state index contributed by atoms with van der Waals surface area (Å²) in [5, 5.41) is 3.70. The van der Waals surface area contributed by atoms with Crippen LogP contribution in [0, 0.1) is 18.6 Å². The Morgan fingerprint density at radius 1 is 1.08 bits per heavy atom. The SMILES string of the molecule is CCc1ccc2c(c1)c(C)c(C(=O)Nc1ccc(F)c(F)c1)n2CC. The van der Waals surface area contributed by atoms with Crippen molar-refractivity contribution >= 4 is 22.5 Å². The molecule has 0 unspecified atom stereocenters. The second kappa shape index (κ2) is 6.67. The summed E-state index contributed by atoms with van der Waals surface area (Å²) in [4.78, 5) is 12.8. The molecule has 0 aliphatic carbocycles. The summed E-state index contributed by atoms with van der Waals surface area (Å²) >= 11 is 0. The molecule has 0 bridgehead atoms. The first-order valence-electron chi connectivity index (χ1n) is 8.34. The van der Waals surface area contributed by atoms with Gasteiger partial charge in [0.2, 0.25) is 0 Å². The third kappa shape index (κ3) is 3.02. The number of aromatic nitrogens is 1. The molecule has 1 amide bonds. The molecule has 0 aliphatic heterocycles. The summed E-state index contributed by atoms with van der Waals surface area (Å²) in [6, 6.07) is 9.52. The van der Waals surface area contributed by atoms with E-state index in [1.807, 2.05) is 24.5 Å². The van der Waals surface area contributed by atoms with E-state index in [1.165, 1.54) is 11.6 Å². The third-order valence-electron chi connectivity index (χ3n) is 4.50. The quantitative estimate of drug-likeness (QED) is 0.706. The number of nitrogens with zero attached hydrogens (tertiary/aromatic N) is 1. The first kappa shape index (κ1) is 17.1. The Morgan fingerprint density at radius 3 is 2.48 bits per heavy atom. The average molecular weight is 342 g/mol. The Morgan fingerprint density at radius 2 is 1.84 bits per heavy atom. The van der Waals surface area contributed by atoms with E-state index >= 15 is 0 Å². The molecule has 25 heavy (non-hydrogen) atoms. The van der Waals surface area contributed by atoms with Crippen molar-refractivity contribution in [2.75, 3.05) is 5.32 Å². The van der Waals surface area contributed by atoms with Crippen LogP contribution in [0.5, 0.6) is 0 Å². The minimum Gasteiger partial charge on any atom is -0.337 e. The van der Waals surface area contributed by atoms with E-state index in [2.05, 4.69) is 24.4 Å². The van der Waals surface area contributed by atoms with Gasteiger partial charge in [-0.05, 0) is 55.7 Å². The molecule has 3 aromatic rings. The zero-order valence-electron chi connectivity index (χ0n) is 14.5. The number of benzene rings is 2. The highest BCUT2D eigenvalue weighted by Gasteiger charge is 2.20. The summed E-state index contributed by atoms with van der Waals surface area (Å²) in [7, 11) is 0. The van der Waals surface area contributed by atoms with Gasteiger partial charge in [-0.15, -0.1) is 0 Å². The van der Waals surface area contributed by atoms with Crippen molar-refractivity contribution < 1.29 is 13.6 Å². The highest BCUT2D eigenvalue weighted by Crippen LogP contribution is 2.28. The molecule has 1 N–H and O–H groups in total. The Labute approximate surface area is 145 Å². The number of hydrogen-bond acceptors (Lipinski definition) is 1. The number of hydrogen-bond donors (Lipinski definition) is 1. The average Bonchev–Trinajstić information content (AvgIpc) is 2.89. The number of carbonyl (C=O) groups excluding carboxylic acids is 1. The molecule has 3 rings (SSSR count). The van der Waals surface area contributed by atoms with Gasteiger partial charge in [-0.2, -0.15) is 0 Å². The number of rotatable bonds is 4. The van der Waals surface area contributed by atoms with Crippen molar-refractivity contribution in [1.82, 2.24) is 4.57 Å². The minimum absolute atomic E-state index is 0.227. The third-order valence-corrected chi connectivity index (χ3v) is 4.50. The van der Waals surface area contributed by atoms with Crippen LogP contribution in [0.2, 0.25) is 0 Å². The summed E-state index contributed by atoms with van der Waals surface area (Å²) < 4.78 is 28.4. The van der Waals surface area contributed by atoms with Crippen LogP contribution >= 0.6 is 0 Å². The highest BCUT2D eigenvalue weighted by molar-refractivity contribution is 6.08. The highest BCUT2D eigenvalue weighted by atomic mass is 19.2. The molecule has 5 heteroatoms. The second-order valence-corrected chi connectivity index (χ2v) is 6.01. The molecule has 1 heterocycles. The van der Waals surface area contributed by atoms with Gasteiger partial charge in [0.15, 0.2) is 11.6 Å². The number of fused-ring (bicyclic) bond motifs is 1. The smallest absolute Gasteiger partial charge is 0.272 e. The molecule has 1 aromatic heterocycles. The molecule has 2 aromatic carbocycles. The molecule has 0 atom stereocenters. The van der Waals surface area contributed by atoms with E-state index in [9.17, 15) is 13.6 Å². The maximum atomic E-state index is 13.4. The van der Waals surface area contributed by atoms with Crippen LogP contribution < -0.4 is 5.32 Å². The van der Waals surface area contributed by atoms with Crippen LogP contribution in [0.25, 0.3) is 10.9 Å². The lowest BCUT2D eigenvalue weighted by Crippen LogP contribution is -2.18. The molecule has 0 radical (unpaired) electrons. The van der Waals surface area contributed by atoms with E-state index in [1.54, 1.807) is 0 Å². The number of carbonyl (C=O) groups is 1. The lowest BCUT2D eigenvalue weighted by Gasteiger charge is -2.10. The van der Waals surface area contributed by atoms with Crippen LogP contribution in [-0.2, 0) is 13.0 Å². The molecule has 0 aliphatic rings. The Hall–Kier alpha value is -2.69. The summed E-state index contributed by atoms with van der Waals surface area (Å²) in [5.74, 6) is -2.26. The van der Waals surface area contributed by atoms with E-state index in [4.69, 9.17) is 0 Å². The molecule has 0 spiro atoms. The normalized spacial score (nSPS) is 11.1. The molecule has 0 saturated heterocycles. The van der Waals surface area contributed by atoms with Crippen LogP contribution in [0.3, 0.4) is 0 Å². The van der Waals surface area contributed by atoms with Crippen molar-refractivity contribution in [2.24, 2.45) is 0 Å². The number of aryl methyl sites for hydroxylation is 3. The first-order valence-corrected chi connectivity index (χ1v) is 8.34. The predicted molar refractivity (Wildman–Crippen MR) is 96.0 cm³/mol. The summed E-state index contributed by atoms with van der Waals surface area (Å²) in [6.45, 7) is 6.61. The lowest BCUT2D eigenvalue weighted by molar-refractivity contribution is 0.101. The zero-order chi connectivity index (χ0) is 18.1. The fourth-order valence-electron chi connectivity index (χ4n) is 3.17. The maximum absolute atomic E-state index is 13.4. The van der Waals surface area contributed by atoms with E-state index < -0.39 is 11.6 Å². The Kier molecular flexibility index (Phi) is 4.57. The first-order chi connectivity index (χ1) is 12.0. The number of nitrogens with one attached hydrogen (secondary N) is 1. The molecule has 0 fully saturated rings. The summed E-state index contributed by atoms with van der Waals surface area (Å²) in [6.07, 6.45) is 0.920. The Balaban J connectivity index is 2.05. The van der Waals surface area contributed by atoms with Gasteiger partial charge in [-0.3, -0.25) is 4.79 Å². The van der Waals surface area contributed by atoms with Crippen molar-refractivity contribution in [3.05, 3.63) is 64.9 Å². The van der Waals surface area contributed by atoms with Gasteiger partial charge in [0.1, 0.15) is 5.69 Å². The van der Waals surface area contributed by atoms with Gasteiger partial charge in [0.25, 0.3) is 5.91 Å². The minimum atomic E-state index is -0.988. The van der Waals surface area contributed by atoms with E-state index in [-0.39, 0.29) is 11.6 Å². The second-order valence-electron chi connectivity index (χ2n) is 6.01. The van der Waals surface area contributed by atoms with Gasteiger partial charge >= 0.3 is 0 Å². The largest absolute Gasteiger partial charge is 0.337 e. The van der Waals surface area contributed by atoms with Crippen LogP contribution in [0.1, 0.15) is 35.5 Å². The fraction of sp³-hybridized carbons (Fsp3) is 0.250. The van der Waals surface area contributed by atoms with Crippen molar-refractivity contribution in [3.8, 4) is 0 Å². The zero-order valence-corrected chi connectivity index (χ0v) is 14.5. The van der Waals surface area contributed by atoms with Crippen LogP contribution in [0.4, 0.5) is 14.5 Å². The number of halogens is 2. The van der Waals surface area contributed by atoms with Crippen LogP contribution in [0.15, 0.2) is 36.4 Å². The Bertz CT molecular complexity index is 960. The molecule has 0 saturated carbocycles. The van der Waals surface area contributed by atoms with Gasteiger partial charge in [0, 0.05) is 29.2 Å². The number of amides is 1. The van der Waals surface area contributed by atoms with Crippen molar-refractivity contribution in [1.29, 1.82) is 0 Å². The molecule has 130 valence electrons. The molecule has 3 nitrogen and oxygen atoms in total. The standard InChI is InChI=1S/C20H20F2N2O/c1-4-13-6-9-18-15(10-13)12(3)19(24(18)5-2)20(25)23-14-7-8-16(21)17(22)11-14/h6-11H,4-5H2,1-3H3,(H,23,25). The van der Waals surface area contributed by atoms with Crippen molar-refractivity contribution in [2.45, 2.75) is 33.7 Å². The van der Waals surface area contributed by atoms with Gasteiger partial charge in [-0.1, -0.05) is 13.0 Å². The van der Waals surface area contributed by atoms with Gasteiger partial charge < -0.3 is 9.88 Å². The monoisotopic (exact) mass is 342 g/mol. The molecular formula is C20H20F2N2O. The van der Waals surface area contributed by atoms with Crippen LogP contribution in [-0.4, -0.2) is 10.5 Å². The van der Waals surface area contributed by atoms with E-state index in [0.29, 0.717) is 12.2 Å². The predicted octanol–water partition coefficient (Wildman–Crippen LogP) is 5.06.